The van der Waals surface area contributed by atoms with E-state index in [-0.39, 0.29) is 5.48 Å². The second-order valence-corrected chi connectivity index (χ2v) is 3.91. The molecule has 0 bridgehead atoms. The molecule has 0 aromatic heterocycles. The van der Waals surface area contributed by atoms with Crippen LogP contribution in [0.3, 0.4) is 0 Å². The van der Waals surface area contributed by atoms with E-state index in [1.165, 1.54) is 5.57 Å². The minimum absolute atomic E-state index is 0. The summed E-state index contributed by atoms with van der Waals surface area (Å²) in [4.78, 5) is 0. The topological polar surface area (TPSA) is 48.6 Å². The predicted molar refractivity (Wildman–Crippen MR) is 49.0 cm³/mol. The highest BCUT2D eigenvalue weighted by Gasteiger charge is 1.98. The van der Waals surface area contributed by atoms with Crippen LogP contribution >= 0.6 is 0 Å². The maximum atomic E-state index is 10.7. The van der Waals surface area contributed by atoms with Gasteiger partial charge in [-0.1, -0.05) is 18.2 Å². The van der Waals surface area contributed by atoms with Crippen LogP contribution < -0.4 is 0 Å². The lowest BCUT2D eigenvalue weighted by atomic mass is 10.1. The van der Waals surface area contributed by atoms with Crippen LogP contribution in [-0.4, -0.2) is 21.7 Å². The second kappa shape index (κ2) is 5.27. The molecule has 1 unspecified atom stereocenters. The Balaban J connectivity index is 0.000001000. The Morgan fingerprint density at radius 3 is 2.73 bits per heavy atom. The van der Waals surface area contributed by atoms with E-state index in [1.807, 2.05) is 0 Å². The fourth-order valence-corrected chi connectivity index (χ4v) is 1.69. The molecule has 1 atom stereocenters. The number of hydrogen-bond acceptors (Lipinski definition) is 1. The van der Waals surface area contributed by atoms with Crippen molar-refractivity contribution in [3.05, 3.63) is 23.8 Å². The summed E-state index contributed by atoms with van der Waals surface area (Å²) in [6, 6.07) is 0. The zero-order chi connectivity index (χ0) is 7.40. The summed E-state index contributed by atoms with van der Waals surface area (Å²) in [5.74, 6) is 0.719. The smallest absolute Gasteiger partial charge is 0.0479 e. The van der Waals surface area contributed by atoms with Crippen molar-refractivity contribution < 1.29 is 9.69 Å². The largest absolute Gasteiger partial charge is 0.412 e. The molecule has 0 radical (unpaired) electrons. The van der Waals surface area contributed by atoms with Crippen LogP contribution in [0.25, 0.3) is 0 Å². The molecule has 2 N–H and O–H groups in total. The van der Waals surface area contributed by atoms with Gasteiger partial charge in [0.05, 0.1) is 0 Å². The third kappa shape index (κ3) is 4.11. The van der Waals surface area contributed by atoms with Crippen molar-refractivity contribution in [3.63, 3.8) is 0 Å². The van der Waals surface area contributed by atoms with Gasteiger partial charge in [0.1, 0.15) is 0 Å². The molecule has 1 aliphatic rings. The normalized spacial score (nSPS) is 18.5. The summed E-state index contributed by atoms with van der Waals surface area (Å²) in [6.45, 7) is 0. The van der Waals surface area contributed by atoms with Gasteiger partial charge in [-0.3, -0.25) is 4.21 Å². The van der Waals surface area contributed by atoms with E-state index in [0.29, 0.717) is 0 Å². The van der Waals surface area contributed by atoms with Crippen molar-refractivity contribution in [2.75, 3.05) is 12.0 Å². The fourth-order valence-electron chi connectivity index (χ4n) is 1.01. The first-order valence-corrected chi connectivity index (χ1v) is 5.17. The summed E-state index contributed by atoms with van der Waals surface area (Å²) < 4.78 is 10.7. The van der Waals surface area contributed by atoms with E-state index < -0.39 is 10.8 Å². The molecule has 0 fully saturated rings. The molecule has 0 spiro atoms. The lowest BCUT2D eigenvalue weighted by molar-refractivity contribution is 0.688. The molecule has 0 saturated carbocycles. The summed E-state index contributed by atoms with van der Waals surface area (Å²) >= 11 is 0. The van der Waals surface area contributed by atoms with Gasteiger partial charge in [0.2, 0.25) is 0 Å². The minimum Gasteiger partial charge on any atom is -0.412 e. The van der Waals surface area contributed by atoms with Crippen LogP contribution in [-0.2, 0) is 10.8 Å². The molecular weight excluding hydrogens is 160 g/mol. The van der Waals surface area contributed by atoms with Crippen LogP contribution in [0, 0.1) is 0 Å². The predicted octanol–water partition coefficient (Wildman–Crippen LogP) is 0.817. The first-order chi connectivity index (χ1) is 4.79. The van der Waals surface area contributed by atoms with E-state index in [0.717, 1.165) is 18.6 Å². The lowest BCUT2D eigenvalue weighted by Gasteiger charge is -2.03. The van der Waals surface area contributed by atoms with Crippen molar-refractivity contribution in [2.45, 2.75) is 12.8 Å². The Morgan fingerprint density at radius 2 is 2.27 bits per heavy atom. The van der Waals surface area contributed by atoms with Gasteiger partial charge in [-0.15, -0.1) is 0 Å². The van der Waals surface area contributed by atoms with Crippen molar-refractivity contribution >= 4 is 10.8 Å². The Kier molecular flexibility index (Phi) is 5.07. The van der Waals surface area contributed by atoms with Gasteiger partial charge < -0.3 is 5.48 Å². The molecule has 1 aliphatic carbocycles. The van der Waals surface area contributed by atoms with E-state index in [4.69, 9.17) is 0 Å². The summed E-state index contributed by atoms with van der Waals surface area (Å²) in [5, 5.41) is 0. The Bertz CT molecular complexity index is 194. The van der Waals surface area contributed by atoms with Crippen LogP contribution in [0.5, 0.6) is 0 Å². The van der Waals surface area contributed by atoms with Crippen molar-refractivity contribution in [1.82, 2.24) is 0 Å². The summed E-state index contributed by atoms with van der Waals surface area (Å²) in [7, 11) is -0.683. The second-order valence-electron chi connectivity index (χ2n) is 2.48. The molecule has 11 heavy (non-hydrogen) atoms. The summed E-state index contributed by atoms with van der Waals surface area (Å²) in [6.07, 6.45) is 10.4. The summed E-state index contributed by atoms with van der Waals surface area (Å²) in [5.41, 5.74) is 1.23. The Hall–Kier alpha value is -0.410. The molecule has 0 aromatic rings. The van der Waals surface area contributed by atoms with E-state index in [1.54, 1.807) is 6.26 Å². The SMILES string of the molecule is CS(=O)CC1=CCCC=C1.O. The molecular formula is C8H14O2S. The number of allylic oxidation sites excluding steroid dienone is 3. The van der Waals surface area contributed by atoms with Crippen LogP contribution in [0.4, 0.5) is 0 Å². The average Bonchev–Trinajstić information content (AvgIpc) is 1.88. The third-order valence-corrected chi connectivity index (χ3v) is 2.18. The first kappa shape index (κ1) is 10.6. The van der Waals surface area contributed by atoms with Gasteiger partial charge >= 0.3 is 0 Å². The maximum Gasteiger partial charge on any atom is 0.0479 e. The van der Waals surface area contributed by atoms with Gasteiger partial charge in [-0.2, -0.15) is 0 Å². The van der Waals surface area contributed by atoms with Gasteiger partial charge in [0.15, 0.2) is 0 Å². The molecule has 0 saturated heterocycles. The van der Waals surface area contributed by atoms with E-state index in [2.05, 4.69) is 18.2 Å². The van der Waals surface area contributed by atoms with Crippen LogP contribution in [0.1, 0.15) is 12.8 Å². The zero-order valence-electron chi connectivity index (χ0n) is 6.67. The average molecular weight is 174 g/mol. The molecule has 0 aromatic carbocycles. The highest BCUT2D eigenvalue weighted by Crippen LogP contribution is 2.09. The van der Waals surface area contributed by atoms with Gasteiger partial charge in [-0.25, -0.2) is 0 Å². The quantitative estimate of drug-likeness (QED) is 0.611. The molecule has 0 aliphatic heterocycles. The number of rotatable bonds is 2. The first-order valence-electron chi connectivity index (χ1n) is 3.44. The lowest BCUT2D eigenvalue weighted by Crippen LogP contribution is -1.97. The fraction of sp³-hybridized carbons (Fsp3) is 0.500. The molecule has 2 nitrogen and oxygen atoms in total. The van der Waals surface area contributed by atoms with Crippen molar-refractivity contribution in [1.29, 1.82) is 0 Å². The Labute approximate surface area is 69.8 Å². The zero-order valence-corrected chi connectivity index (χ0v) is 7.49. The standard InChI is InChI=1S/C8H12OS.H2O/c1-10(9)7-8-5-3-2-4-6-8;/h3,5-6H,2,4,7H2,1H3;1H2. The van der Waals surface area contributed by atoms with Gasteiger partial charge in [-0.05, 0) is 18.4 Å². The van der Waals surface area contributed by atoms with Gasteiger partial charge in [0, 0.05) is 22.8 Å². The van der Waals surface area contributed by atoms with E-state index in [9.17, 15) is 4.21 Å². The highest BCUT2D eigenvalue weighted by molar-refractivity contribution is 7.84. The van der Waals surface area contributed by atoms with E-state index >= 15 is 0 Å². The molecule has 64 valence electrons. The molecule has 1 rings (SSSR count). The van der Waals surface area contributed by atoms with Crippen LogP contribution in [0.2, 0.25) is 0 Å². The minimum atomic E-state index is -0.683. The molecule has 0 amide bonds. The number of hydrogen-bond donors (Lipinski definition) is 0. The van der Waals surface area contributed by atoms with Crippen molar-refractivity contribution in [2.24, 2.45) is 0 Å². The Morgan fingerprint density at radius 1 is 1.55 bits per heavy atom. The van der Waals surface area contributed by atoms with Crippen molar-refractivity contribution in [3.8, 4) is 0 Å². The van der Waals surface area contributed by atoms with Gasteiger partial charge in [0.25, 0.3) is 0 Å². The monoisotopic (exact) mass is 174 g/mol. The molecule has 0 heterocycles. The third-order valence-electron chi connectivity index (χ3n) is 1.44. The molecule has 3 heteroatoms. The maximum absolute atomic E-state index is 10.7. The highest BCUT2D eigenvalue weighted by atomic mass is 32.2. The van der Waals surface area contributed by atoms with Crippen LogP contribution in [0.15, 0.2) is 23.8 Å².